The van der Waals surface area contributed by atoms with E-state index >= 15 is 0 Å². The summed E-state index contributed by atoms with van der Waals surface area (Å²) in [6.07, 6.45) is 0. The Kier molecular flexibility index (Phi) is 4.55. The Morgan fingerprint density at radius 2 is 2.20 bits per heavy atom. The third kappa shape index (κ3) is 3.24. The molecule has 0 saturated carbocycles. The molecule has 1 fully saturated rings. The van der Waals surface area contributed by atoms with Gasteiger partial charge in [0.25, 0.3) is 0 Å². The molecule has 1 aromatic heterocycles. The fourth-order valence-electron chi connectivity index (χ4n) is 2.17. The van der Waals surface area contributed by atoms with E-state index in [1.165, 1.54) is 11.3 Å². The van der Waals surface area contributed by atoms with E-state index < -0.39 is 11.9 Å². The Bertz CT molecular complexity index is 513. The molecule has 7 heteroatoms. The molecule has 0 radical (unpaired) electrons. The topological polar surface area (TPSA) is 60.9 Å². The molecule has 0 aliphatic carbocycles. The summed E-state index contributed by atoms with van der Waals surface area (Å²) in [5.74, 6) is -1.15. The van der Waals surface area contributed by atoms with Crippen LogP contribution in [0, 0.1) is 11.8 Å². The first-order chi connectivity index (χ1) is 9.38. The van der Waals surface area contributed by atoms with Crippen molar-refractivity contribution in [2.75, 3.05) is 20.1 Å². The molecule has 1 aliphatic heterocycles. The van der Waals surface area contributed by atoms with Gasteiger partial charge in [0.15, 0.2) is 0 Å². The molecule has 110 valence electrons. The average Bonchev–Trinajstić information content (AvgIpc) is 2.72. The van der Waals surface area contributed by atoms with Crippen molar-refractivity contribution in [3.8, 4) is 0 Å². The summed E-state index contributed by atoms with van der Waals surface area (Å²) >= 11 is 7.31. The Labute approximate surface area is 126 Å². The number of rotatable bonds is 4. The number of thiophene rings is 1. The maximum absolute atomic E-state index is 12.2. The summed E-state index contributed by atoms with van der Waals surface area (Å²) in [5, 5.41) is 8.92. The molecule has 2 rings (SSSR count). The molecule has 1 saturated heterocycles. The Morgan fingerprint density at radius 1 is 1.55 bits per heavy atom. The fraction of sp³-hybridized carbons (Fsp3) is 0.538. The van der Waals surface area contributed by atoms with Crippen LogP contribution in [0.4, 0.5) is 4.79 Å². The summed E-state index contributed by atoms with van der Waals surface area (Å²) in [5.41, 5.74) is 0. The maximum Gasteiger partial charge on any atom is 0.320 e. The minimum atomic E-state index is -0.802. The zero-order valence-electron chi connectivity index (χ0n) is 11.4. The number of hydrogen-bond acceptors (Lipinski definition) is 3. The summed E-state index contributed by atoms with van der Waals surface area (Å²) < 4.78 is 0.708. The van der Waals surface area contributed by atoms with Gasteiger partial charge in [0.2, 0.25) is 0 Å². The molecule has 5 nitrogen and oxygen atoms in total. The molecular formula is C13H17ClN2O3S. The molecule has 20 heavy (non-hydrogen) atoms. The van der Waals surface area contributed by atoms with E-state index in [1.54, 1.807) is 23.8 Å². The molecule has 0 aromatic carbocycles. The van der Waals surface area contributed by atoms with Gasteiger partial charge < -0.3 is 14.9 Å². The predicted molar refractivity (Wildman–Crippen MR) is 78.1 cm³/mol. The predicted octanol–water partition coefficient (Wildman–Crippen LogP) is 2.61. The van der Waals surface area contributed by atoms with Crippen LogP contribution in [0.2, 0.25) is 4.34 Å². The molecule has 1 N–H and O–H groups in total. The van der Waals surface area contributed by atoms with Crippen molar-refractivity contribution in [3.05, 3.63) is 21.3 Å². The first kappa shape index (κ1) is 15.1. The number of amides is 2. The van der Waals surface area contributed by atoms with Crippen molar-refractivity contribution in [1.82, 2.24) is 9.80 Å². The van der Waals surface area contributed by atoms with E-state index in [4.69, 9.17) is 16.7 Å². The highest BCUT2D eigenvalue weighted by Crippen LogP contribution is 2.26. The van der Waals surface area contributed by atoms with Gasteiger partial charge in [0.05, 0.1) is 16.8 Å². The normalized spacial score (nSPS) is 16.6. The highest BCUT2D eigenvalue weighted by Gasteiger charge is 2.38. The van der Waals surface area contributed by atoms with E-state index in [0.29, 0.717) is 24.0 Å². The van der Waals surface area contributed by atoms with Crippen LogP contribution < -0.4 is 0 Å². The molecule has 0 bridgehead atoms. The van der Waals surface area contributed by atoms with Crippen molar-refractivity contribution >= 4 is 34.9 Å². The lowest BCUT2D eigenvalue weighted by Crippen LogP contribution is -2.56. The van der Waals surface area contributed by atoms with Gasteiger partial charge in [-0.2, -0.15) is 0 Å². The lowest BCUT2D eigenvalue weighted by molar-refractivity contribution is -0.144. The number of urea groups is 1. The number of carbonyl (C=O) groups is 2. The minimum absolute atomic E-state index is 0.0565. The first-order valence-electron chi connectivity index (χ1n) is 6.35. The summed E-state index contributed by atoms with van der Waals surface area (Å²) in [6, 6.07) is 3.65. The van der Waals surface area contributed by atoms with Crippen molar-refractivity contribution in [3.63, 3.8) is 0 Å². The molecule has 1 unspecified atom stereocenters. The Hall–Kier alpha value is -1.27. The Balaban J connectivity index is 1.82. The molecule has 1 aliphatic rings. The SMILES string of the molecule is CC(C(=O)O)C1CN(C(=O)N(C)Cc2ccc(Cl)s2)C1. The second-order valence-corrected chi connectivity index (χ2v) is 6.94. The lowest BCUT2D eigenvalue weighted by Gasteiger charge is -2.42. The summed E-state index contributed by atoms with van der Waals surface area (Å²) in [6.45, 7) is 3.24. The van der Waals surface area contributed by atoms with Crippen LogP contribution in [-0.4, -0.2) is 47.0 Å². The van der Waals surface area contributed by atoms with Gasteiger partial charge in [-0.25, -0.2) is 4.79 Å². The summed E-state index contributed by atoms with van der Waals surface area (Å²) in [4.78, 5) is 27.4. The van der Waals surface area contributed by atoms with Gasteiger partial charge in [-0.3, -0.25) is 4.79 Å². The van der Waals surface area contributed by atoms with Crippen LogP contribution in [0.25, 0.3) is 0 Å². The molecule has 1 atom stereocenters. The van der Waals surface area contributed by atoms with Crippen molar-refractivity contribution < 1.29 is 14.7 Å². The monoisotopic (exact) mass is 316 g/mol. The number of likely N-dealkylation sites (tertiary alicyclic amines) is 1. The smallest absolute Gasteiger partial charge is 0.320 e. The van der Waals surface area contributed by atoms with Crippen LogP contribution in [0.1, 0.15) is 11.8 Å². The van der Waals surface area contributed by atoms with Crippen molar-refractivity contribution in [2.45, 2.75) is 13.5 Å². The van der Waals surface area contributed by atoms with Gasteiger partial charge in [-0.1, -0.05) is 18.5 Å². The molecule has 2 amide bonds. The van der Waals surface area contributed by atoms with Crippen molar-refractivity contribution in [1.29, 1.82) is 0 Å². The van der Waals surface area contributed by atoms with Crippen LogP contribution in [0.3, 0.4) is 0 Å². The molecule has 1 aromatic rings. The van der Waals surface area contributed by atoms with Gasteiger partial charge >= 0.3 is 12.0 Å². The van der Waals surface area contributed by atoms with Gasteiger partial charge in [-0.15, -0.1) is 11.3 Å². The fourth-order valence-corrected chi connectivity index (χ4v) is 3.31. The molecular weight excluding hydrogens is 300 g/mol. The van der Waals surface area contributed by atoms with E-state index in [1.807, 2.05) is 12.1 Å². The Morgan fingerprint density at radius 3 is 2.70 bits per heavy atom. The number of carboxylic acid groups (broad SMARTS) is 1. The van der Waals surface area contributed by atoms with Crippen LogP contribution in [0.5, 0.6) is 0 Å². The third-order valence-electron chi connectivity index (χ3n) is 3.63. The highest BCUT2D eigenvalue weighted by atomic mass is 35.5. The number of aliphatic carboxylic acids is 1. The second-order valence-electron chi connectivity index (χ2n) is 5.14. The molecule has 2 heterocycles. The van der Waals surface area contributed by atoms with Gasteiger partial charge in [-0.05, 0) is 12.1 Å². The van der Waals surface area contributed by atoms with Gasteiger partial charge in [0, 0.05) is 30.9 Å². The second kappa shape index (κ2) is 6.01. The first-order valence-corrected chi connectivity index (χ1v) is 7.55. The van der Waals surface area contributed by atoms with Crippen LogP contribution in [-0.2, 0) is 11.3 Å². The van der Waals surface area contributed by atoms with Gasteiger partial charge in [0.1, 0.15) is 0 Å². The zero-order valence-corrected chi connectivity index (χ0v) is 12.9. The number of carbonyl (C=O) groups excluding carboxylic acids is 1. The van der Waals surface area contributed by atoms with Crippen LogP contribution >= 0.6 is 22.9 Å². The number of hydrogen-bond donors (Lipinski definition) is 1. The molecule has 0 spiro atoms. The van der Waals surface area contributed by atoms with Crippen molar-refractivity contribution in [2.24, 2.45) is 11.8 Å². The standard InChI is InChI=1S/C13H17ClN2O3S/c1-8(12(17)18)9-5-16(6-9)13(19)15(2)7-10-3-4-11(14)20-10/h3-4,8-9H,5-7H2,1-2H3,(H,17,18). The average molecular weight is 317 g/mol. The zero-order chi connectivity index (χ0) is 14.9. The number of carboxylic acids is 1. The summed E-state index contributed by atoms with van der Waals surface area (Å²) in [7, 11) is 1.74. The number of halogens is 1. The van der Waals surface area contributed by atoms with Crippen LogP contribution in [0.15, 0.2) is 12.1 Å². The highest BCUT2D eigenvalue weighted by molar-refractivity contribution is 7.16. The minimum Gasteiger partial charge on any atom is -0.481 e. The van der Waals surface area contributed by atoms with E-state index in [9.17, 15) is 9.59 Å². The quantitative estimate of drug-likeness (QED) is 0.928. The van der Waals surface area contributed by atoms with E-state index in [-0.39, 0.29) is 11.9 Å². The lowest BCUT2D eigenvalue weighted by atomic mass is 9.87. The number of nitrogens with zero attached hydrogens (tertiary/aromatic N) is 2. The maximum atomic E-state index is 12.2. The van der Waals surface area contributed by atoms with E-state index in [0.717, 1.165) is 4.88 Å². The largest absolute Gasteiger partial charge is 0.481 e. The van der Waals surface area contributed by atoms with E-state index in [2.05, 4.69) is 0 Å². The third-order valence-corrected chi connectivity index (χ3v) is 4.84.